The van der Waals surface area contributed by atoms with Crippen LogP contribution in [-0.2, 0) is 0 Å². The highest BCUT2D eigenvalue weighted by Gasteiger charge is 2.15. The molecule has 1 atom stereocenters. The van der Waals surface area contributed by atoms with Crippen LogP contribution >= 0.6 is 0 Å². The standard InChI is InChI=1S/C20H24/c1-4-16(3)20(18-14-10-7-11-15-18)19(5-2)17-12-8-6-9-13-17/h6-16H,4-5H2,1-3H3. The molecule has 0 bridgehead atoms. The number of benzene rings is 2. The van der Waals surface area contributed by atoms with Crippen LogP contribution in [0.15, 0.2) is 60.7 Å². The summed E-state index contributed by atoms with van der Waals surface area (Å²) in [7, 11) is 0. The summed E-state index contributed by atoms with van der Waals surface area (Å²) in [5, 5.41) is 0. The maximum Gasteiger partial charge on any atom is -0.0184 e. The normalized spacial score (nSPS) is 13.8. The van der Waals surface area contributed by atoms with Crippen molar-refractivity contribution >= 4 is 11.1 Å². The highest BCUT2D eigenvalue weighted by molar-refractivity contribution is 5.91. The lowest BCUT2D eigenvalue weighted by Gasteiger charge is -2.20. The minimum atomic E-state index is 0.576. The predicted octanol–water partition coefficient (Wildman–Crippen LogP) is 6.05. The van der Waals surface area contributed by atoms with Crippen molar-refractivity contribution in [1.82, 2.24) is 0 Å². The molecule has 0 fully saturated rings. The Morgan fingerprint density at radius 1 is 0.800 bits per heavy atom. The second kappa shape index (κ2) is 7.09. The molecule has 0 nitrogen and oxygen atoms in total. The van der Waals surface area contributed by atoms with Crippen molar-refractivity contribution < 1.29 is 0 Å². The van der Waals surface area contributed by atoms with Crippen LogP contribution in [0.25, 0.3) is 11.1 Å². The van der Waals surface area contributed by atoms with E-state index in [0.717, 1.165) is 6.42 Å². The molecule has 0 saturated heterocycles. The van der Waals surface area contributed by atoms with Crippen LogP contribution < -0.4 is 0 Å². The largest absolute Gasteiger partial charge is 0.0648 e. The summed E-state index contributed by atoms with van der Waals surface area (Å²) in [5.74, 6) is 0.576. The van der Waals surface area contributed by atoms with E-state index in [4.69, 9.17) is 0 Å². The number of hydrogen-bond acceptors (Lipinski definition) is 0. The van der Waals surface area contributed by atoms with Crippen molar-refractivity contribution in [2.45, 2.75) is 33.6 Å². The van der Waals surface area contributed by atoms with E-state index in [0.29, 0.717) is 5.92 Å². The van der Waals surface area contributed by atoms with E-state index in [1.807, 2.05) is 0 Å². The fourth-order valence-corrected chi connectivity index (χ4v) is 2.77. The molecule has 0 radical (unpaired) electrons. The Labute approximate surface area is 123 Å². The Bertz CT molecular complexity index is 549. The number of rotatable bonds is 5. The van der Waals surface area contributed by atoms with Crippen molar-refractivity contribution in [2.75, 3.05) is 0 Å². The molecule has 0 heteroatoms. The van der Waals surface area contributed by atoms with Gasteiger partial charge < -0.3 is 0 Å². The van der Waals surface area contributed by atoms with E-state index in [1.165, 1.54) is 28.7 Å². The summed E-state index contributed by atoms with van der Waals surface area (Å²) >= 11 is 0. The number of allylic oxidation sites excluding steroid dienone is 2. The molecule has 2 rings (SSSR count). The molecule has 0 aromatic heterocycles. The molecule has 0 aliphatic heterocycles. The first-order valence-corrected chi connectivity index (χ1v) is 7.61. The van der Waals surface area contributed by atoms with Crippen LogP contribution in [0.1, 0.15) is 44.7 Å². The van der Waals surface area contributed by atoms with Gasteiger partial charge in [0.05, 0.1) is 0 Å². The fourth-order valence-electron chi connectivity index (χ4n) is 2.77. The molecule has 0 heterocycles. The highest BCUT2D eigenvalue weighted by atomic mass is 14.2. The molecule has 1 unspecified atom stereocenters. The Kier molecular flexibility index (Phi) is 5.17. The third-order valence-corrected chi connectivity index (χ3v) is 3.99. The summed E-state index contributed by atoms with van der Waals surface area (Å²) in [4.78, 5) is 0. The Morgan fingerprint density at radius 3 is 1.75 bits per heavy atom. The minimum Gasteiger partial charge on any atom is -0.0648 e. The summed E-state index contributed by atoms with van der Waals surface area (Å²) in [5.41, 5.74) is 5.70. The van der Waals surface area contributed by atoms with Crippen molar-refractivity contribution in [3.05, 3.63) is 71.8 Å². The lowest BCUT2D eigenvalue weighted by atomic mass is 9.84. The molecular weight excluding hydrogens is 240 g/mol. The second-order valence-electron chi connectivity index (χ2n) is 5.29. The van der Waals surface area contributed by atoms with Gasteiger partial charge in [-0.1, -0.05) is 81.4 Å². The molecule has 0 saturated carbocycles. The molecular formula is C20H24. The lowest BCUT2D eigenvalue weighted by molar-refractivity contribution is 0.717. The molecule has 0 N–H and O–H groups in total. The van der Waals surface area contributed by atoms with Crippen molar-refractivity contribution in [1.29, 1.82) is 0 Å². The molecule has 2 aromatic carbocycles. The van der Waals surface area contributed by atoms with Gasteiger partial charge in [0.2, 0.25) is 0 Å². The van der Waals surface area contributed by atoms with Gasteiger partial charge in [-0.3, -0.25) is 0 Å². The quantitative estimate of drug-likeness (QED) is 0.576. The first-order valence-electron chi connectivity index (χ1n) is 7.61. The summed E-state index contributed by atoms with van der Waals surface area (Å²) < 4.78 is 0. The topological polar surface area (TPSA) is 0 Å². The smallest absolute Gasteiger partial charge is 0.0184 e. The van der Waals surface area contributed by atoms with Crippen LogP contribution in [0, 0.1) is 5.92 Å². The Hall–Kier alpha value is -1.82. The number of hydrogen-bond donors (Lipinski definition) is 0. The van der Waals surface area contributed by atoms with Gasteiger partial charge in [-0.25, -0.2) is 0 Å². The van der Waals surface area contributed by atoms with Gasteiger partial charge in [0.15, 0.2) is 0 Å². The third kappa shape index (κ3) is 3.19. The zero-order chi connectivity index (χ0) is 14.4. The van der Waals surface area contributed by atoms with Crippen molar-refractivity contribution in [3.8, 4) is 0 Å². The summed E-state index contributed by atoms with van der Waals surface area (Å²) in [6.45, 7) is 6.86. The van der Waals surface area contributed by atoms with E-state index in [-0.39, 0.29) is 0 Å². The Balaban J connectivity index is 2.61. The maximum atomic E-state index is 2.33. The van der Waals surface area contributed by atoms with Crippen LogP contribution in [0.3, 0.4) is 0 Å². The van der Waals surface area contributed by atoms with Crippen LogP contribution in [0.2, 0.25) is 0 Å². The first-order chi connectivity index (χ1) is 9.77. The molecule has 0 aliphatic rings. The summed E-state index contributed by atoms with van der Waals surface area (Å²) in [6.07, 6.45) is 2.24. The highest BCUT2D eigenvalue weighted by Crippen LogP contribution is 2.35. The van der Waals surface area contributed by atoms with Gasteiger partial charge in [0, 0.05) is 0 Å². The summed E-state index contributed by atoms with van der Waals surface area (Å²) in [6, 6.07) is 21.6. The van der Waals surface area contributed by atoms with Gasteiger partial charge in [0.1, 0.15) is 0 Å². The van der Waals surface area contributed by atoms with Crippen LogP contribution in [0.5, 0.6) is 0 Å². The van der Waals surface area contributed by atoms with Gasteiger partial charge in [-0.05, 0) is 41.0 Å². The van der Waals surface area contributed by atoms with Gasteiger partial charge >= 0.3 is 0 Å². The zero-order valence-corrected chi connectivity index (χ0v) is 12.8. The zero-order valence-electron chi connectivity index (χ0n) is 12.8. The first kappa shape index (κ1) is 14.6. The van der Waals surface area contributed by atoms with E-state index in [1.54, 1.807) is 0 Å². The van der Waals surface area contributed by atoms with Crippen molar-refractivity contribution in [3.63, 3.8) is 0 Å². The lowest BCUT2D eigenvalue weighted by Crippen LogP contribution is -2.01. The average molecular weight is 264 g/mol. The molecule has 0 amide bonds. The Morgan fingerprint density at radius 2 is 1.30 bits per heavy atom. The third-order valence-electron chi connectivity index (χ3n) is 3.99. The monoisotopic (exact) mass is 264 g/mol. The maximum absolute atomic E-state index is 2.33. The molecule has 0 spiro atoms. The SMILES string of the molecule is CCC(=C(c1ccccc1)C(C)CC)c1ccccc1. The van der Waals surface area contributed by atoms with Crippen LogP contribution in [-0.4, -0.2) is 0 Å². The van der Waals surface area contributed by atoms with E-state index >= 15 is 0 Å². The van der Waals surface area contributed by atoms with Gasteiger partial charge in [0.25, 0.3) is 0 Å². The van der Waals surface area contributed by atoms with E-state index in [2.05, 4.69) is 81.4 Å². The van der Waals surface area contributed by atoms with Gasteiger partial charge in [-0.15, -0.1) is 0 Å². The van der Waals surface area contributed by atoms with E-state index < -0.39 is 0 Å². The van der Waals surface area contributed by atoms with Crippen molar-refractivity contribution in [2.24, 2.45) is 5.92 Å². The second-order valence-corrected chi connectivity index (χ2v) is 5.29. The molecule has 0 aliphatic carbocycles. The van der Waals surface area contributed by atoms with Gasteiger partial charge in [-0.2, -0.15) is 0 Å². The van der Waals surface area contributed by atoms with E-state index in [9.17, 15) is 0 Å². The molecule has 20 heavy (non-hydrogen) atoms. The average Bonchev–Trinajstić information content (AvgIpc) is 2.53. The minimum absolute atomic E-state index is 0.576. The predicted molar refractivity (Wildman–Crippen MR) is 89.4 cm³/mol. The fraction of sp³-hybridized carbons (Fsp3) is 0.300. The van der Waals surface area contributed by atoms with Crippen LogP contribution in [0.4, 0.5) is 0 Å². The molecule has 2 aromatic rings. The molecule has 104 valence electrons.